The van der Waals surface area contributed by atoms with Crippen LogP contribution in [0, 0.1) is 0 Å². The summed E-state index contributed by atoms with van der Waals surface area (Å²) >= 11 is 0. The molecule has 0 radical (unpaired) electrons. The van der Waals surface area contributed by atoms with E-state index in [1.165, 1.54) is 24.3 Å². The van der Waals surface area contributed by atoms with Crippen molar-refractivity contribution in [3.8, 4) is 17.5 Å². The first-order valence-corrected chi connectivity index (χ1v) is 13.9. The molecule has 0 aliphatic heterocycles. The Hall–Kier alpha value is -4.10. The number of rotatable bonds is 10. The highest BCUT2D eigenvalue weighted by atomic mass is 32.2. The van der Waals surface area contributed by atoms with Crippen LogP contribution in [0.1, 0.15) is 35.8 Å². The number of halogens is 3. The van der Waals surface area contributed by atoms with E-state index in [-0.39, 0.29) is 33.7 Å². The number of amides is 1. The molecule has 3 aromatic carbocycles. The van der Waals surface area contributed by atoms with Gasteiger partial charge in [0, 0.05) is 12.1 Å². The first-order valence-electron chi connectivity index (χ1n) is 12.2. The number of nitrogens with one attached hydrogen (secondary N) is 1. The first kappa shape index (κ1) is 28.9. The van der Waals surface area contributed by atoms with Gasteiger partial charge < -0.3 is 19.9 Å². The normalized spacial score (nSPS) is 12.8. The van der Waals surface area contributed by atoms with Gasteiger partial charge in [-0.25, -0.2) is 8.42 Å². The zero-order chi connectivity index (χ0) is 29.1. The third-order valence-electron chi connectivity index (χ3n) is 6.07. The number of carbonyl (C=O) groups excluding carboxylic acids is 1. The van der Waals surface area contributed by atoms with Crippen LogP contribution in [0.3, 0.4) is 0 Å². The number of sulfone groups is 1. The van der Waals surface area contributed by atoms with Gasteiger partial charge in [0.1, 0.15) is 11.5 Å². The summed E-state index contributed by atoms with van der Waals surface area (Å²) in [5.74, 6) is -0.678. The second-order valence-corrected chi connectivity index (χ2v) is 10.9. The van der Waals surface area contributed by atoms with Crippen LogP contribution in [0.5, 0.6) is 17.5 Å². The lowest BCUT2D eigenvalue weighted by Gasteiger charge is -2.17. The second-order valence-electron chi connectivity index (χ2n) is 8.64. The fraction of sp³-hybridized carbons (Fsp3) is 0.259. The molecule has 0 saturated heterocycles. The standard InChI is InChI=1S/C27H26F3N3O6S/c1-3-33-24-14-7-18(25(35)31-23(16-34)17-5-12-21(13-6-17)40(36,37)4-2)15-22(24)32-26(33)38-19-8-10-20(11-9-19)39-27(28,29)30/h5-15,23,34H,3-4,16H2,1-2H3,(H,31,35)/t23-/m0/s1. The van der Waals surface area contributed by atoms with E-state index in [9.17, 15) is 31.5 Å². The van der Waals surface area contributed by atoms with Crippen LogP contribution in [-0.2, 0) is 16.4 Å². The SMILES string of the molecule is CCn1c(Oc2ccc(OC(F)(F)F)cc2)nc2cc(C(=O)N[C@@H](CO)c3ccc(S(=O)(=O)CC)cc3)ccc21. The fourth-order valence-electron chi connectivity index (χ4n) is 4.00. The van der Waals surface area contributed by atoms with Gasteiger partial charge in [0.15, 0.2) is 9.84 Å². The number of aliphatic hydroxyl groups is 1. The van der Waals surface area contributed by atoms with Crippen LogP contribution in [0.15, 0.2) is 71.6 Å². The number of aliphatic hydroxyl groups excluding tert-OH is 1. The topological polar surface area (TPSA) is 120 Å². The Kier molecular flexibility index (Phi) is 8.35. The van der Waals surface area contributed by atoms with Gasteiger partial charge in [0.2, 0.25) is 0 Å². The van der Waals surface area contributed by atoms with E-state index in [1.807, 2.05) is 6.92 Å². The molecule has 1 aromatic heterocycles. The molecule has 1 heterocycles. The van der Waals surface area contributed by atoms with Crippen LogP contribution in [0.2, 0.25) is 0 Å². The molecule has 4 rings (SSSR count). The minimum absolute atomic E-state index is 0.0429. The maximum atomic E-state index is 13.0. The van der Waals surface area contributed by atoms with Crippen LogP contribution in [0.25, 0.3) is 11.0 Å². The third kappa shape index (κ3) is 6.54. The predicted octanol–water partition coefficient (Wildman–Crippen LogP) is 5.00. The largest absolute Gasteiger partial charge is 0.573 e. The summed E-state index contributed by atoms with van der Waals surface area (Å²) < 4.78 is 72.7. The van der Waals surface area contributed by atoms with Gasteiger partial charge in [-0.2, -0.15) is 4.98 Å². The van der Waals surface area contributed by atoms with E-state index in [1.54, 1.807) is 41.8 Å². The van der Waals surface area contributed by atoms with E-state index < -0.39 is 34.8 Å². The summed E-state index contributed by atoms with van der Waals surface area (Å²) in [6.07, 6.45) is -4.80. The minimum atomic E-state index is -4.80. The summed E-state index contributed by atoms with van der Waals surface area (Å²) in [4.78, 5) is 17.6. The lowest BCUT2D eigenvalue weighted by molar-refractivity contribution is -0.274. The minimum Gasteiger partial charge on any atom is -0.425 e. The number of alkyl halides is 3. The van der Waals surface area contributed by atoms with Gasteiger partial charge in [-0.15, -0.1) is 13.2 Å². The van der Waals surface area contributed by atoms with Crippen molar-refractivity contribution in [1.82, 2.24) is 14.9 Å². The molecule has 9 nitrogen and oxygen atoms in total. The summed E-state index contributed by atoms with van der Waals surface area (Å²) in [5, 5.41) is 12.6. The molecule has 13 heteroatoms. The monoisotopic (exact) mass is 577 g/mol. The van der Waals surface area contributed by atoms with E-state index in [0.29, 0.717) is 23.1 Å². The second kappa shape index (κ2) is 11.6. The zero-order valence-electron chi connectivity index (χ0n) is 21.5. The highest BCUT2D eigenvalue weighted by molar-refractivity contribution is 7.91. The Morgan fingerprint density at radius 2 is 1.68 bits per heavy atom. The zero-order valence-corrected chi connectivity index (χ0v) is 22.3. The molecule has 1 atom stereocenters. The third-order valence-corrected chi connectivity index (χ3v) is 7.82. The Morgan fingerprint density at radius 1 is 1.02 bits per heavy atom. The van der Waals surface area contributed by atoms with Crippen molar-refractivity contribution in [1.29, 1.82) is 0 Å². The Balaban J connectivity index is 1.52. The molecule has 0 bridgehead atoms. The Morgan fingerprint density at radius 3 is 2.25 bits per heavy atom. The summed E-state index contributed by atoms with van der Waals surface area (Å²) in [7, 11) is -3.38. The fourth-order valence-corrected chi connectivity index (χ4v) is 4.88. The number of benzene rings is 3. The van der Waals surface area contributed by atoms with E-state index in [4.69, 9.17) is 4.74 Å². The summed E-state index contributed by atoms with van der Waals surface area (Å²) in [6.45, 7) is 3.45. The van der Waals surface area contributed by atoms with Gasteiger partial charge in [-0.3, -0.25) is 9.36 Å². The van der Waals surface area contributed by atoms with Crippen LogP contribution in [0.4, 0.5) is 13.2 Å². The molecular weight excluding hydrogens is 551 g/mol. The number of hydrogen-bond acceptors (Lipinski definition) is 7. The summed E-state index contributed by atoms with van der Waals surface area (Å²) in [5.41, 5.74) is 1.90. The summed E-state index contributed by atoms with van der Waals surface area (Å²) in [6, 6.07) is 15.1. The number of nitrogens with zero attached hydrogens (tertiary/aromatic N) is 2. The molecule has 0 saturated carbocycles. The molecule has 0 aliphatic carbocycles. The van der Waals surface area contributed by atoms with Gasteiger partial charge in [-0.05, 0) is 67.1 Å². The number of aryl methyl sites for hydroxylation is 1. The molecule has 4 aromatic rings. The molecule has 2 N–H and O–H groups in total. The molecule has 40 heavy (non-hydrogen) atoms. The average molecular weight is 578 g/mol. The highest BCUT2D eigenvalue weighted by Crippen LogP contribution is 2.30. The van der Waals surface area contributed by atoms with Crippen LogP contribution < -0.4 is 14.8 Å². The van der Waals surface area contributed by atoms with Crippen molar-refractivity contribution >= 4 is 26.8 Å². The lowest BCUT2D eigenvalue weighted by atomic mass is 10.1. The van der Waals surface area contributed by atoms with Gasteiger partial charge >= 0.3 is 12.4 Å². The molecule has 0 unspecified atom stereocenters. The molecule has 1 amide bonds. The van der Waals surface area contributed by atoms with Crippen molar-refractivity contribution in [3.63, 3.8) is 0 Å². The maximum Gasteiger partial charge on any atom is 0.573 e. The Bertz CT molecular complexity index is 1600. The van der Waals surface area contributed by atoms with Crippen LogP contribution in [-0.4, -0.2) is 47.7 Å². The lowest BCUT2D eigenvalue weighted by Crippen LogP contribution is -2.30. The molecule has 212 valence electrons. The average Bonchev–Trinajstić information content (AvgIpc) is 3.28. The number of carbonyl (C=O) groups is 1. The van der Waals surface area contributed by atoms with Crippen molar-refractivity contribution in [3.05, 3.63) is 77.9 Å². The van der Waals surface area contributed by atoms with Crippen molar-refractivity contribution in [2.45, 2.75) is 37.7 Å². The maximum absolute atomic E-state index is 13.0. The molecule has 0 aliphatic rings. The molecular formula is C27H26F3N3O6S. The number of fused-ring (bicyclic) bond motifs is 1. The Labute approximate surface area is 228 Å². The van der Waals surface area contributed by atoms with E-state index in [0.717, 1.165) is 12.1 Å². The number of ether oxygens (including phenoxy) is 2. The quantitative estimate of drug-likeness (QED) is 0.272. The van der Waals surface area contributed by atoms with Gasteiger partial charge in [0.05, 0.1) is 34.3 Å². The van der Waals surface area contributed by atoms with E-state index in [2.05, 4.69) is 15.0 Å². The molecule has 0 spiro atoms. The van der Waals surface area contributed by atoms with Crippen molar-refractivity contribution < 1.29 is 41.0 Å². The van der Waals surface area contributed by atoms with E-state index >= 15 is 0 Å². The highest BCUT2D eigenvalue weighted by Gasteiger charge is 2.31. The smallest absolute Gasteiger partial charge is 0.425 e. The van der Waals surface area contributed by atoms with Crippen molar-refractivity contribution in [2.24, 2.45) is 0 Å². The number of hydrogen-bond donors (Lipinski definition) is 2. The predicted molar refractivity (Wildman–Crippen MR) is 140 cm³/mol. The van der Waals surface area contributed by atoms with Crippen LogP contribution >= 0.6 is 0 Å². The first-order chi connectivity index (χ1) is 18.9. The van der Waals surface area contributed by atoms with Gasteiger partial charge in [0.25, 0.3) is 5.91 Å². The molecule has 0 fully saturated rings. The number of aromatic nitrogens is 2. The number of imidazole rings is 1. The van der Waals surface area contributed by atoms with Crippen molar-refractivity contribution in [2.75, 3.05) is 12.4 Å². The van der Waals surface area contributed by atoms with Gasteiger partial charge in [-0.1, -0.05) is 19.1 Å².